The van der Waals surface area contributed by atoms with Crippen molar-refractivity contribution in [3.63, 3.8) is 0 Å². The summed E-state index contributed by atoms with van der Waals surface area (Å²) in [4.78, 5) is 38.5. The van der Waals surface area contributed by atoms with Gasteiger partial charge in [-0.05, 0) is 18.4 Å². The number of carbonyl (C=O) groups excluding carboxylic acids is 2. The van der Waals surface area contributed by atoms with Gasteiger partial charge in [0.15, 0.2) is 5.57 Å². The number of carbonyl (C=O) groups is 3. The molecule has 2 aliphatic rings. The molecule has 0 aromatic heterocycles. The summed E-state index contributed by atoms with van der Waals surface area (Å²) in [6.07, 6.45) is -0.554. The minimum Gasteiger partial charge on any atom is -0.494 e. The summed E-state index contributed by atoms with van der Waals surface area (Å²) in [7, 11) is 0. The molecule has 29 heavy (non-hydrogen) atoms. The van der Waals surface area contributed by atoms with Crippen molar-refractivity contribution in [3.05, 3.63) is 47.4 Å². The lowest BCUT2D eigenvalue weighted by molar-refractivity contribution is -0.177. The number of ether oxygens (including phenoxy) is 1. The minimum absolute atomic E-state index is 0.0382. The molecule has 1 aromatic carbocycles. The summed E-state index contributed by atoms with van der Waals surface area (Å²) in [5.41, 5.74) is 0.142. The first kappa shape index (κ1) is 20.6. The first-order valence-electron chi connectivity index (χ1n) is 9.22. The third-order valence-corrected chi connectivity index (χ3v) is 4.88. The number of aliphatic hydroxyl groups is 2. The molecular formula is C19H23N3O7. The van der Waals surface area contributed by atoms with E-state index in [1.54, 1.807) is 24.3 Å². The number of carboxylic acids is 1. The molecule has 2 heterocycles. The van der Waals surface area contributed by atoms with Crippen molar-refractivity contribution in [3.8, 4) is 0 Å². The van der Waals surface area contributed by atoms with E-state index in [1.165, 1.54) is 0 Å². The van der Waals surface area contributed by atoms with Crippen molar-refractivity contribution >= 4 is 17.8 Å². The summed E-state index contributed by atoms with van der Waals surface area (Å²) < 4.78 is 5.30. The van der Waals surface area contributed by atoms with Crippen molar-refractivity contribution in [2.24, 2.45) is 0 Å². The molecule has 3 rings (SSSR count). The Kier molecular flexibility index (Phi) is 6.35. The van der Waals surface area contributed by atoms with E-state index in [9.17, 15) is 24.6 Å². The fourth-order valence-electron chi connectivity index (χ4n) is 3.43. The first-order valence-corrected chi connectivity index (χ1v) is 9.22. The number of nitrogens with zero attached hydrogens (tertiary/aromatic N) is 2. The van der Waals surface area contributed by atoms with Crippen LogP contribution in [0.3, 0.4) is 0 Å². The summed E-state index contributed by atoms with van der Waals surface area (Å²) in [5, 5.41) is 32.4. The lowest BCUT2D eigenvalue weighted by Gasteiger charge is -2.45. The summed E-state index contributed by atoms with van der Waals surface area (Å²) >= 11 is 0. The Morgan fingerprint density at radius 3 is 2.45 bits per heavy atom. The van der Waals surface area contributed by atoms with Gasteiger partial charge in [0.1, 0.15) is 6.54 Å². The molecule has 1 saturated heterocycles. The molecule has 1 aromatic rings. The Morgan fingerprint density at radius 1 is 1.17 bits per heavy atom. The first-order chi connectivity index (χ1) is 13.9. The highest BCUT2D eigenvalue weighted by Crippen LogP contribution is 2.29. The van der Waals surface area contributed by atoms with E-state index in [0.717, 1.165) is 15.4 Å². The van der Waals surface area contributed by atoms with Crippen LogP contribution in [-0.4, -0.2) is 75.1 Å². The molecule has 2 aliphatic heterocycles. The second-order valence-corrected chi connectivity index (χ2v) is 6.79. The van der Waals surface area contributed by atoms with Gasteiger partial charge in [-0.15, -0.1) is 0 Å². The predicted molar refractivity (Wildman–Crippen MR) is 99.0 cm³/mol. The van der Waals surface area contributed by atoms with Crippen molar-refractivity contribution < 1.29 is 34.4 Å². The standard InChI is InChI=1S/C19H23N3O7/c23-14(24)10-20-16(25)15-17(26)21(11-12-4-2-1-3-5-12)19(28)22(18(15)27)13-6-8-29-9-7-13/h1-5,13,19,26,28H,6-11H2,(H,20,25)(H,23,24). The maximum Gasteiger partial charge on any atom is 0.322 e. The van der Waals surface area contributed by atoms with Crippen LogP contribution >= 0.6 is 0 Å². The molecule has 0 radical (unpaired) electrons. The highest BCUT2D eigenvalue weighted by atomic mass is 16.5. The Balaban J connectivity index is 1.96. The van der Waals surface area contributed by atoms with Crippen molar-refractivity contribution in [1.29, 1.82) is 0 Å². The molecule has 2 amide bonds. The zero-order valence-corrected chi connectivity index (χ0v) is 15.7. The van der Waals surface area contributed by atoms with E-state index < -0.39 is 42.1 Å². The average molecular weight is 405 g/mol. The number of benzene rings is 1. The van der Waals surface area contributed by atoms with Gasteiger partial charge >= 0.3 is 5.97 Å². The van der Waals surface area contributed by atoms with Crippen LogP contribution in [-0.2, 0) is 25.7 Å². The number of nitrogens with one attached hydrogen (secondary N) is 1. The van der Waals surface area contributed by atoms with Gasteiger partial charge in [0, 0.05) is 19.3 Å². The third kappa shape index (κ3) is 4.49. The van der Waals surface area contributed by atoms with Crippen LogP contribution in [0, 0.1) is 0 Å². The van der Waals surface area contributed by atoms with Crippen molar-refractivity contribution in [1.82, 2.24) is 15.1 Å². The number of aliphatic hydroxyl groups excluding tert-OH is 2. The van der Waals surface area contributed by atoms with Gasteiger partial charge in [0.25, 0.3) is 11.8 Å². The molecule has 0 spiro atoms. The number of hydrogen-bond acceptors (Lipinski definition) is 7. The molecule has 0 aliphatic carbocycles. The van der Waals surface area contributed by atoms with Crippen LogP contribution in [0.5, 0.6) is 0 Å². The van der Waals surface area contributed by atoms with Gasteiger partial charge in [-0.25, -0.2) is 0 Å². The monoisotopic (exact) mass is 405 g/mol. The highest BCUT2D eigenvalue weighted by Gasteiger charge is 2.45. The number of amides is 2. The Labute approximate surface area is 167 Å². The molecule has 1 unspecified atom stereocenters. The Hall–Kier alpha value is -3.11. The average Bonchev–Trinajstić information content (AvgIpc) is 2.71. The molecule has 1 fully saturated rings. The molecule has 0 saturated carbocycles. The molecular weight excluding hydrogens is 382 g/mol. The number of hydrogen-bond donors (Lipinski definition) is 4. The van der Waals surface area contributed by atoms with E-state index in [0.29, 0.717) is 26.1 Å². The molecule has 156 valence electrons. The lowest BCUT2D eigenvalue weighted by Crippen LogP contribution is -2.61. The van der Waals surface area contributed by atoms with Gasteiger partial charge in [0.2, 0.25) is 12.2 Å². The van der Waals surface area contributed by atoms with E-state index in [1.807, 2.05) is 6.07 Å². The van der Waals surface area contributed by atoms with Crippen LogP contribution in [0.2, 0.25) is 0 Å². The number of rotatable bonds is 6. The van der Waals surface area contributed by atoms with Crippen LogP contribution in [0.15, 0.2) is 41.8 Å². The van der Waals surface area contributed by atoms with E-state index >= 15 is 0 Å². The van der Waals surface area contributed by atoms with E-state index in [4.69, 9.17) is 9.84 Å². The third-order valence-electron chi connectivity index (χ3n) is 4.88. The normalized spacial score (nSPS) is 20.7. The van der Waals surface area contributed by atoms with Crippen LogP contribution in [0.4, 0.5) is 0 Å². The van der Waals surface area contributed by atoms with Gasteiger partial charge in [-0.3, -0.25) is 24.2 Å². The summed E-state index contributed by atoms with van der Waals surface area (Å²) in [6, 6.07) is 8.55. The van der Waals surface area contributed by atoms with Crippen molar-refractivity contribution in [2.45, 2.75) is 31.8 Å². The SMILES string of the molecule is O=C(O)CNC(=O)C1=C(O)N(Cc2ccccc2)C(O)N(C2CCOCC2)C1=O. The fraction of sp³-hybridized carbons (Fsp3) is 0.421. The lowest BCUT2D eigenvalue weighted by atomic mass is 10.0. The van der Waals surface area contributed by atoms with Gasteiger partial charge in [-0.2, -0.15) is 0 Å². The molecule has 1 atom stereocenters. The summed E-state index contributed by atoms with van der Waals surface area (Å²) in [6.45, 7) is 0.129. The van der Waals surface area contributed by atoms with Crippen molar-refractivity contribution in [2.75, 3.05) is 19.8 Å². The van der Waals surface area contributed by atoms with Gasteiger partial charge < -0.3 is 25.4 Å². The van der Waals surface area contributed by atoms with Crippen LogP contribution in [0.25, 0.3) is 0 Å². The smallest absolute Gasteiger partial charge is 0.322 e. The quantitative estimate of drug-likeness (QED) is 0.476. The fourth-order valence-corrected chi connectivity index (χ4v) is 3.43. The zero-order valence-electron chi connectivity index (χ0n) is 15.7. The summed E-state index contributed by atoms with van der Waals surface area (Å²) in [5.74, 6) is -3.85. The zero-order chi connectivity index (χ0) is 21.0. The maximum absolute atomic E-state index is 13.0. The second kappa shape index (κ2) is 8.93. The number of aliphatic carboxylic acids is 1. The highest BCUT2D eigenvalue weighted by molar-refractivity contribution is 6.19. The van der Waals surface area contributed by atoms with Gasteiger partial charge in [0.05, 0.1) is 6.54 Å². The molecule has 10 heteroatoms. The Morgan fingerprint density at radius 2 is 1.83 bits per heavy atom. The molecule has 10 nitrogen and oxygen atoms in total. The van der Waals surface area contributed by atoms with E-state index in [2.05, 4.69) is 5.32 Å². The maximum atomic E-state index is 13.0. The minimum atomic E-state index is -1.48. The number of carboxylic acid groups (broad SMARTS) is 1. The second-order valence-electron chi connectivity index (χ2n) is 6.79. The van der Waals surface area contributed by atoms with E-state index in [-0.39, 0.29) is 12.6 Å². The van der Waals surface area contributed by atoms with Gasteiger partial charge in [-0.1, -0.05) is 30.3 Å². The topological polar surface area (TPSA) is 140 Å². The largest absolute Gasteiger partial charge is 0.494 e. The molecule has 4 N–H and O–H groups in total. The predicted octanol–water partition coefficient (Wildman–Crippen LogP) is -0.244. The Bertz CT molecular complexity index is 805. The van der Waals surface area contributed by atoms with Crippen LogP contribution in [0.1, 0.15) is 18.4 Å². The molecule has 0 bridgehead atoms. The van der Waals surface area contributed by atoms with Crippen LogP contribution < -0.4 is 5.32 Å².